The molecule has 0 bridgehead atoms. The number of amides is 1. The monoisotopic (exact) mass is 352 g/mol. The highest BCUT2D eigenvalue weighted by molar-refractivity contribution is 5.94. The zero-order chi connectivity index (χ0) is 16.2. The summed E-state index contributed by atoms with van der Waals surface area (Å²) in [6.45, 7) is 3.67. The van der Waals surface area contributed by atoms with Crippen LogP contribution in [0.5, 0.6) is 5.75 Å². The van der Waals surface area contributed by atoms with E-state index < -0.39 is 0 Å². The predicted molar refractivity (Wildman–Crippen MR) is 98.9 cm³/mol. The van der Waals surface area contributed by atoms with Gasteiger partial charge in [0.15, 0.2) is 0 Å². The Labute approximate surface area is 151 Å². The third-order valence-corrected chi connectivity index (χ3v) is 5.26. The van der Waals surface area contributed by atoms with Crippen LogP contribution < -0.4 is 10.5 Å². The van der Waals surface area contributed by atoms with Crippen molar-refractivity contribution in [2.24, 2.45) is 11.7 Å². The molecule has 2 N–H and O–H groups in total. The Bertz CT molecular complexity index is 536. The minimum atomic E-state index is 0. The second kappa shape index (κ2) is 8.72. The molecule has 1 aromatic rings. The highest BCUT2D eigenvalue weighted by Crippen LogP contribution is 2.26. The van der Waals surface area contributed by atoms with E-state index in [9.17, 15) is 4.79 Å². The van der Waals surface area contributed by atoms with E-state index in [1.165, 1.54) is 12.8 Å². The van der Waals surface area contributed by atoms with Gasteiger partial charge in [0.05, 0.1) is 6.10 Å². The first-order chi connectivity index (χ1) is 11.1. The molecule has 1 saturated heterocycles. The fourth-order valence-corrected chi connectivity index (χ4v) is 3.71. The predicted octanol–water partition coefficient (Wildman–Crippen LogP) is 3.63. The molecule has 3 rings (SSSR count). The Morgan fingerprint density at radius 1 is 1.21 bits per heavy atom. The Kier molecular flexibility index (Phi) is 6.93. The molecule has 1 aliphatic carbocycles. The standard InChI is InChI=1S/C19H28N2O2.ClH/c1-14(20)15-9-11-21(12-10-15)19(22)16-5-4-8-18(13-16)23-17-6-2-3-7-17;/h4-5,8,13-15,17H,2-3,6-7,9-12,20H2,1H3;1H. The molecule has 0 radical (unpaired) electrons. The van der Waals surface area contributed by atoms with Crippen LogP contribution in [-0.4, -0.2) is 36.0 Å². The number of rotatable bonds is 4. The summed E-state index contributed by atoms with van der Waals surface area (Å²) in [5, 5.41) is 0. The van der Waals surface area contributed by atoms with Gasteiger partial charge in [0, 0.05) is 24.7 Å². The lowest BCUT2D eigenvalue weighted by Gasteiger charge is -2.33. The van der Waals surface area contributed by atoms with E-state index >= 15 is 0 Å². The molecular weight excluding hydrogens is 324 g/mol. The number of nitrogens with two attached hydrogens (primary N) is 1. The average molecular weight is 353 g/mol. The van der Waals surface area contributed by atoms with Crippen LogP contribution in [0.25, 0.3) is 0 Å². The normalized spacial score (nSPS) is 20.5. The summed E-state index contributed by atoms with van der Waals surface area (Å²) in [6, 6.07) is 7.89. The van der Waals surface area contributed by atoms with Crippen molar-refractivity contribution >= 4 is 18.3 Å². The Balaban J connectivity index is 0.00000208. The van der Waals surface area contributed by atoms with Gasteiger partial charge < -0.3 is 15.4 Å². The maximum Gasteiger partial charge on any atom is 0.253 e. The first kappa shape index (κ1) is 19.1. The number of halogens is 1. The topological polar surface area (TPSA) is 55.6 Å². The van der Waals surface area contributed by atoms with Crippen LogP contribution in [0, 0.1) is 5.92 Å². The van der Waals surface area contributed by atoms with Crippen molar-refractivity contribution in [1.29, 1.82) is 0 Å². The number of nitrogens with zero attached hydrogens (tertiary/aromatic N) is 1. The molecule has 1 heterocycles. The molecule has 1 unspecified atom stereocenters. The smallest absolute Gasteiger partial charge is 0.253 e. The number of benzene rings is 1. The summed E-state index contributed by atoms with van der Waals surface area (Å²) >= 11 is 0. The van der Waals surface area contributed by atoms with Crippen molar-refractivity contribution in [3.63, 3.8) is 0 Å². The third kappa shape index (κ3) is 4.64. The van der Waals surface area contributed by atoms with Crippen molar-refractivity contribution in [3.05, 3.63) is 29.8 Å². The fourth-order valence-electron chi connectivity index (χ4n) is 3.71. The number of carbonyl (C=O) groups excluding carboxylic acids is 1. The zero-order valence-electron chi connectivity index (χ0n) is 14.4. The summed E-state index contributed by atoms with van der Waals surface area (Å²) in [7, 11) is 0. The van der Waals surface area contributed by atoms with E-state index in [2.05, 4.69) is 6.92 Å². The van der Waals surface area contributed by atoms with Gasteiger partial charge in [-0.25, -0.2) is 0 Å². The fraction of sp³-hybridized carbons (Fsp3) is 0.632. The van der Waals surface area contributed by atoms with Gasteiger partial charge in [-0.2, -0.15) is 0 Å². The summed E-state index contributed by atoms with van der Waals surface area (Å²) in [4.78, 5) is 14.7. The minimum absolute atomic E-state index is 0. The number of ether oxygens (including phenoxy) is 1. The van der Waals surface area contributed by atoms with Gasteiger partial charge in [0.2, 0.25) is 0 Å². The van der Waals surface area contributed by atoms with Gasteiger partial charge in [-0.05, 0) is 69.6 Å². The van der Waals surface area contributed by atoms with Crippen LogP contribution in [0.2, 0.25) is 0 Å². The molecule has 5 heteroatoms. The first-order valence-electron chi connectivity index (χ1n) is 8.95. The molecule has 1 saturated carbocycles. The molecule has 1 amide bonds. The molecule has 0 spiro atoms. The Hall–Kier alpha value is -1.26. The molecule has 4 nitrogen and oxygen atoms in total. The van der Waals surface area contributed by atoms with Gasteiger partial charge in [-0.1, -0.05) is 6.07 Å². The van der Waals surface area contributed by atoms with Crippen molar-refractivity contribution in [1.82, 2.24) is 4.90 Å². The van der Waals surface area contributed by atoms with E-state index in [4.69, 9.17) is 10.5 Å². The third-order valence-electron chi connectivity index (χ3n) is 5.26. The van der Waals surface area contributed by atoms with Gasteiger partial charge in [-0.15, -0.1) is 12.4 Å². The molecule has 0 aromatic heterocycles. The van der Waals surface area contributed by atoms with Crippen LogP contribution in [0.4, 0.5) is 0 Å². The molecular formula is C19H29ClN2O2. The van der Waals surface area contributed by atoms with E-state index in [0.29, 0.717) is 12.0 Å². The highest BCUT2D eigenvalue weighted by Gasteiger charge is 2.25. The highest BCUT2D eigenvalue weighted by atomic mass is 35.5. The maximum atomic E-state index is 12.7. The van der Waals surface area contributed by atoms with Gasteiger partial charge >= 0.3 is 0 Å². The van der Waals surface area contributed by atoms with Gasteiger partial charge in [0.1, 0.15) is 5.75 Å². The number of carbonyl (C=O) groups is 1. The molecule has 2 fully saturated rings. The quantitative estimate of drug-likeness (QED) is 0.900. The van der Waals surface area contributed by atoms with Crippen LogP contribution in [0.1, 0.15) is 55.8 Å². The number of piperidine rings is 1. The van der Waals surface area contributed by atoms with Crippen molar-refractivity contribution in [2.45, 2.75) is 57.6 Å². The summed E-state index contributed by atoms with van der Waals surface area (Å²) in [5.41, 5.74) is 6.71. The number of hydrogen-bond acceptors (Lipinski definition) is 3. The molecule has 24 heavy (non-hydrogen) atoms. The van der Waals surface area contributed by atoms with Crippen LogP contribution >= 0.6 is 12.4 Å². The van der Waals surface area contributed by atoms with Crippen molar-refractivity contribution in [3.8, 4) is 5.75 Å². The van der Waals surface area contributed by atoms with E-state index in [1.54, 1.807) is 0 Å². The Morgan fingerprint density at radius 2 is 1.88 bits per heavy atom. The van der Waals surface area contributed by atoms with Crippen LogP contribution in [0.15, 0.2) is 24.3 Å². The SMILES string of the molecule is CC(N)C1CCN(C(=O)c2cccc(OC3CCCC3)c2)CC1.Cl. The van der Waals surface area contributed by atoms with Crippen LogP contribution in [-0.2, 0) is 0 Å². The minimum Gasteiger partial charge on any atom is -0.490 e. The lowest BCUT2D eigenvalue weighted by molar-refractivity contribution is 0.0680. The number of hydrogen-bond donors (Lipinski definition) is 1. The van der Waals surface area contributed by atoms with Gasteiger partial charge in [-0.3, -0.25) is 4.79 Å². The van der Waals surface area contributed by atoms with E-state index in [-0.39, 0.29) is 24.4 Å². The average Bonchev–Trinajstić information content (AvgIpc) is 3.07. The number of likely N-dealkylation sites (tertiary alicyclic amines) is 1. The van der Waals surface area contributed by atoms with Crippen LogP contribution in [0.3, 0.4) is 0 Å². The first-order valence-corrected chi connectivity index (χ1v) is 8.95. The van der Waals surface area contributed by atoms with E-state index in [1.807, 2.05) is 29.2 Å². The summed E-state index contributed by atoms with van der Waals surface area (Å²) in [5.74, 6) is 1.48. The molecule has 1 atom stereocenters. The second-order valence-electron chi connectivity index (χ2n) is 7.04. The van der Waals surface area contributed by atoms with Crippen molar-refractivity contribution < 1.29 is 9.53 Å². The lowest BCUT2D eigenvalue weighted by Crippen LogP contribution is -2.42. The lowest BCUT2D eigenvalue weighted by atomic mass is 9.90. The van der Waals surface area contributed by atoms with E-state index in [0.717, 1.165) is 50.1 Å². The largest absolute Gasteiger partial charge is 0.490 e. The van der Waals surface area contributed by atoms with Gasteiger partial charge in [0.25, 0.3) is 5.91 Å². The molecule has 134 valence electrons. The maximum absolute atomic E-state index is 12.7. The van der Waals surface area contributed by atoms with Crippen molar-refractivity contribution in [2.75, 3.05) is 13.1 Å². The summed E-state index contributed by atoms with van der Waals surface area (Å²) in [6.07, 6.45) is 7.08. The molecule has 2 aliphatic rings. The summed E-state index contributed by atoms with van der Waals surface area (Å²) < 4.78 is 6.01. The molecule has 1 aromatic carbocycles. The molecule has 1 aliphatic heterocycles. The Morgan fingerprint density at radius 3 is 2.50 bits per heavy atom. The zero-order valence-corrected chi connectivity index (χ0v) is 15.3. The second-order valence-corrected chi connectivity index (χ2v) is 7.04.